The van der Waals surface area contributed by atoms with Gasteiger partial charge in [0.1, 0.15) is 13.2 Å². The number of fused-ring (bicyclic) bond motifs is 1. The van der Waals surface area contributed by atoms with Crippen LogP contribution in [0.4, 0.5) is 5.69 Å². The first-order valence-electron chi connectivity index (χ1n) is 8.14. The van der Waals surface area contributed by atoms with E-state index in [0.29, 0.717) is 39.8 Å². The quantitative estimate of drug-likeness (QED) is 0.509. The minimum Gasteiger partial charge on any atom is -0.486 e. The van der Waals surface area contributed by atoms with E-state index in [0.717, 1.165) is 0 Å². The van der Waals surface area contributed by atoms with Crippen LogP contribution in [0.2, 0.25) is 0 Å². The number of carbonyl (C=O) groups is 3. The van der Waals surface area contributed by atoms with E-state index in [9.17, 15) is 14.4 Å². The van der Waals surface area contributed by atoms with Crippen molar-refractivity contribution in [1.29, 1.82) is 0 Å². The summed E-state index contributed by atoms with van der Waals surface area (Å²) >= 11 is 4.67. The van der Waals surface area contributed by atoms with E-state index in [1.165, 1.54) is 11.3 Å². The van der Waals surface area contributed by atoms with Crippen LogP contribution in [0.3, 0.4) is 0 Å². The van der Waals surface area contributed by atoms with Gasteiger partial charge in [-0.1, -0.05) is 6.07 Å². The number of carbonyl (C=O) groups excluding carboxylic acids is 3. The summed E-state index contributed by atoms with van der Waals surface area (Å²) in [6.45, 7) is 0.465. The lowest BCUT2D eigenvalue weighted by Crippen LogP contribution is -2.22. The number of amides is 1. The highest BCUT2D eigenvalue weighted by molar-refractivity contribution is 9.10. The number of Topliss-reactive ketones (excluding diaryl/α,β-unsaturated/α-hetero) is 1. The molecule has 2 aromatic rings. The summed E-state index contributed by atoms with van der Waals surface area (Å²) in [4.78, 5) is 36.2. The molecule has 1 N–H and O–H groups in total. The Kier molecular flexibility index (Phi) is 6.46. The Balaban J connectivity index is 1.45. The lowest BCUT2D eigenvalue weighted by molar-refractivity contribution is -0.147. The van der Waals surface area contributed by atoms with Gasteiger partial charge in [-0.25, -0.2) is 0 Å². The Morgan fingerprint density at radius 1 is 1.15 bits per heavy atom. The Morgan fingerprint density at radius 2 is 1.89 bits per heavy atom. The summed E-state index contributed by atoms with van der Waals surface area (Å²) in [5.74, 6) is -0.0926. The molecule has 3 rings (SSSR count). The van der Waals surface area contributed by atoms with Gasteiger partial charge in [0, 0.05) is 23.0 Å². The van der Waals surface area contributed by atoms with Crippen LogP contribution < -0.4 is 14.8 Å². The van der Waals surface area contributed by atoms with Crippen molar-refractivity contribution in [3.05, 3.63) is 39.0 Å². The van der Waals surface area contributed by atoms with Crippen LogP contribution >= 0.6 is 27.3 Å². The maximum absolute atomic E-state index is 12.0. The number of rotatable bonds is 7. The van der Waals surface area contributed by atoms with Crippen LogP contribution in [-0.2, 0) is 14.3 Å². The van der Waals surface area contributed by atoms with Crippen molar-refractivity contribution in [3.63, 3.8) is 0 Å². The topological polar surface area (TPSA) is 90.9 Å². The molecule has 0 spiro atoms. The van der Waals surface area contributed by atoms with Gasteiger partial charge in [-0.05, 0) is 27.4 Å². The predicted octanol–water partition coefficient (Wildman–Crippen LogP) is 3.43. The van der Waals surface area contributed by atoms with Crippen molar-refractivity contribution in [2.24, 2.45) is 0 Å². The van der Waals surface area contributed by atoms with Gasteiger partial charge < -0.3 is 19.5 Å². The third kappa shape index (κ3) is 5.30. The number of ketones is 1. The standard InChI is InChI=1S/C18H16BrNO6S/c19-11-8-14-15(25-6-5-24-14)9-12(11)20-17(22)10-26-18(23)4-3-13(21)16-2-1-7-27-16/h1-2,7-9H,3-6,10H2,(H,20,22). The van der Waals surface area contributed by atoms with E-state index in [4.69, 9.17) is 14.2 Å². The molecule has 0 aliphatic carbocycles. The zero-order chi connectivity index (χ0) is 19.2. The molecule has 1 aliphatic heterocycles. The molecule has 1 aromatic heterocycles. The van der Waals surface area contributed by atoms with E-state index in [-0.39, 0.29) is 18.6 Å². The summed E-state index contributed by atoms with van der Waals surface area (Å²) in [5, 5.41) is 4.44. The summed E-state index contributed by atoms with van der Waals surface area (Å²) in [6.07, 6.45) is -0.0214. The molecule has 1 aromatic carbocycles. The highest BCUT2D eigenvalue weighted by Gasteiger charge is 2.17. The van der Waals surface area contributed by atoms with Crippen molar-refractivity contribution in [1.82, 2.24) is 0 Å². The van der Waals surface area contributed by atoms with Crippen molar-refractivity contribution >= 4 is 50.6 Å². The monoisotopic (exact) mass is 453 g/mol. The lowest BCUT2D eigenvalue weighted by Gasteiger charge is -2.20. The Hall–Kier alpha value is -2.39. The van der Waals surface area contributed by atoms with Crippen LogP contribution in [0, 0.1) is 0 Å². The fourth-order valence-electron chi connectivity index (χ4n) is 2.34. The van der Waals surface area contributed by atoms with Gasteiger partial charge in [0.25, 0.3) is 5.91 Å². The van der Waals surface area contributed by atoms with Crippen molar-refractivity contribution in [3.8, 4) is 11.5 Å². The molecule has 9 heteroatoms. The normalized spacial score (nSPS) is 12.3. The minimum absolute atomic E-state index is 0.0503. The smallest absolute Gasteiger partial charge is 0.306 e. The molecule has 0 radical (unpaired) electrons. The zero-order valence-corrected chi connectivity index (χ0v) is 16.6. The van der Waals surface area contributed by atoms with Gasteiger partial charge in [0.15, 0.2) is 23.9 Å². The number of hydrogen-bond donors (Lipinski definition) is 1. The second kappa shape index (κ2) is 9.01. The van der Waals surface area contributed by atoms with Gasteiger partial charge >= 0.3 is 5.97 Å². The fourth-order valence-corrected chi connectivity index (χ4v) is 3.46. The van der Waals surface area contributed by atoms with Crippen molar-refractivity contribution in [2.45, 2.75) is 12.8 Å². The molecule has 27 heavy (non-hydrogen) atoms. The number of ether oxygens (including phenoxy) is 3. The van der Waals surface area contributed by atoms with Gasteiger partial charge in [-0.2, -0.15) is 0 Å². The molecule has 0 saturated heterocycles. The first kappa shape index (κ1) is 19.4. The number of esters is 1. The maximum atomic E-state index is 12.0. The molecule has 0 fully saturated rings. The van der Waals surface area contributed by atoms with Gasteiger partial charge in [-0.15, -0.1) is 11.3 Å². The minimum atomic E-state index is -0.601. The first-order chi connectivity index (χ1) is 13.0. The van der Waals surface area contributed by atoms with Gasteiger partial charge in [0.05, 0.1) is 17.0 Å². The average molecular weight is 454 g/mol. The third-order valence-electron chi connectivity index (χ3n) is 3.62. The summed E-state index contributed by atoms with van der Waals surface area (Å²) < 4.78 is 16.5. The first-order valence-corrected chi connectivity index (χ1v) is 9.81. The van der Waals surface area contributed by atoms with E-state index < -0.39 is 18.5 Å². The maximum Gasteiger partial charge on any atom is 0.306 e. The molecule has 0 atom stereocenters. The van der Waals surface area contributed by atoms with Crippen molar-refractivity contribution < 1.29 is 28.6 Å². The largest absolute Gasteiger partial charge is 0.486 e. The van der Waals surface area contributed by atoms with Gasteiger partial charge in [-0.3, -0.25) is 14.4 Å². The number of anilines is 1. The third-order valence-corrected chi connectivity index (χ3v) is 5.19. The zero-order valence-electron chi connectivity index (χ0n) is 14.2. The molecule has 7 nitrogen and oxygen atoms in total. The molecular formula is C18H16BrNO6S. The second-order valence-electron chi connectivity index (χ2n) is 5.59. The SMILES string of the molecule is O=C(COC(=O)CCC(=O)c1cccs1)Nc1cc2c(cc1Br)OCCO2. The fraction of sp³-hybridized carbons (Fsp3) is 0.278. The molecule has 1 amide bonds. The lowest BCUT2D eigenvalue weighted by atomic mass is 10.2. The predicted molar refractivity (Wildman–Crippen MR) is 103 cm³/mol. The molecule has 0 unspecified atom stereocenters. The number of halogens is 1. The molecular weight excluding hydrogens is 438 g/mol. The Bertz CT molecular complexity index is 852. The molecule has 1 aliphatic rings. The Morgan fingerprint density at radius 3 is 2.59 bits per heavy atom. The highest BCUT2D eigenvalue weighted by Crippen LogP contribution is 2.38. The second-order valence-corrected chi connectivity index (χ2v) is 7.39. The number of nitrogens with one attached hydrogen (secondary N) is 1. The number of hydrogen-bond acceptors (Lipinski definition) is 7. The van der Waals surface area contributed by atoms with E-state index in [2.05, 4.69) is 21.2 Å². The van der Waals surface area contributed by atoms with Crippen LogP contribution in [0.25, 0.3) is 0 Å². The van der Waals surface area contributed by atoms with Crippen LogP contribution in [0.1, 0.15) is 22.5 Å². The van der Waals surface area contributed by atoms with E-state index in [1.807, 2.05) is 0 Å². The average Bonchev–Trinajstić information content (AvgIpc) is 3.20. The molecule has 0 bridgehead atoms. The number of thiophene rings is 1. The van der Waals surface area contributed by atoms with E-state index in [1.54, 1.807) is 29.6 Å². The summed E-state index contributed by atoms with van der Waals surface area (Å²) in [6, 6.07) is 6.82. The summed E-state index contributed by atoms with van der Waals surface area (Å²) in [5.41, 5.74) is 0.480. The molecule has 142 valence electrons. The van der Waals surface area contributed by atoms with Crippen LogP contribution in [-0.4, -0.2) is 37.5 Å². The molecule has 2 heterocycles. The van der Waals surface area contributed by atoms with Crippen molar-refractivity contribution in [2.75, 3.05) is 25.1 Å². The summed E-state index contributed by atoms with van der Waals surface area (Å²) in [7, 11) is 0. The van der Waals surface area contributed by atoms with E-state index >= 15 is 0 Å². The van der Waals surface area contributed by atoms with Crippen LogP contribution in [0.15, 0.2) is 34.1 Å². The highest BCUT2D eigenvalue weighted by atomic mass is 79.9. The number of benzene rings is 1. The van der Waals surface area contributed by atoms with Gasteiger partial charge in [0.2, 0.25) is 0 Å². The molecule has 0 saturated carbocycles. The van der Waals surface area contributed by atoms with Crippen LogP contribution in [0.5, 0.6) is 11.5 Å². The Labute approximate surface area is 167 Å².